The van der Waals surface area contributed by atoms with E-state index in [-0.39, 0.29) is 0 Å². The average molecular weight is 169 g/mol. The molecule has 2 N–H and O–H groups in total. The maximum Gasteiger partial charge on any atom is 0.0581 e. The van der Waals surface area contributed by atoms with E-state index in [1.807, 2.05) is 0 Å². The molecular formula is C10H19NO. The van der Waals surface area contributed by atoms with Gasteiger partial charge in [-0.1, -0.05) is 6.42 Å². The Morgan fingerprint density at radius 3 is 2.58 bits per heavy atom. The number of rotatable bonds is 3. The van der Waals surface area contributed by atoms with E-state index in [1.165, 1.54) is 38.5 Å². The number of ether oxygens (including phenoxy) is 1. The summed E-state index contributed by atoms with van der Waals surface area (Å²) in [6.45, 7) is 1.85. The zero-order valence-electron chi connectivity index (χ0n) is 7.72. The van der Waals surface area contributed by atoms with Crippen LogP contribution in [-0.2, 0) is 4.74 Å². The SMILES string of the molecule is NCC1(CC2CCCO2)CCC1. The smallest absolute Gasteiger partial charge is 0.0581 e. The highest BCUT2D eigenvalue weighted by Crippen LogP contribution is 2.45. The standard InChI is InChI=1S/C10H19NO/c11-8-10(4-2-5-10)7-9-3-1-6-12-9/h9H,1-8,11H2. The molecule has 1 aliphatic carbocycles. The summed E-state index contributed by atoms with van der Waals surface area (Å²) in [5.74, 6) is 0. The minimum Gasteiger partial charge on any atom is -0.378 e. The average Bonchev–Trinajstić information content (AvgIpc) is 2.49. The Morgan fingerprint density at radius 2 is 2.17 bits per heavy atom. The fraction of sp³-hybridized carbons (Fsp3) is 1.00. The first-order valence-corrected chi connectivity index (χ1v) is 5.16. The van der Waals surface area contributed by atoms with E-state index in [0.29, 0.717) is 11.5 Å². The van der Waals surface area contributed by atoms with E-state index in [4.69, 9.17) is 10.5 Å². The highest BCUT2D eigenvalue weighted by atomic mass is 16.5. The molecule has 70 valence electrons. The van der Waals surface area contributed by atoms with Crippen LogP contribution in [0.25, 0.3) is 0 Å². The van der Waals surface area contributed by atoms with Gasteiger partial charge in [0.25, 0.3) is 0 Å². The molecule has 1 saturated carbocycles. The molecule has 0 aromatic carbocycles. The van der Waals surface area contributed by atoms with Crippen molar-refractivity contribution in [3.63, 3.8) is 0 Å². The van der Waals surface area contributed by atoms with Crippen LogP contribution >= 0.6 is 0 Å². The predicted octanol–water partition coefficient (Wildman–Crippen LogP) is 1.68. The molecule has 2 rings (SSSR count). The van der Waals surface area contributed by atoms with Gasteiger partial charge in [0.2, 0.25) is 0 Å². The molecule has 2 heteroatoms. The minimum atomic E-state index is 0.481. The Hall–Kier alpha value is -0.0800. The van der Waals surface area contributed by atoms with Crippen LogP contribution < -0.4 is 5.73 Å². The van der Waals surface area contributed by atoms with Gasteiger partial charge < -0.3 is 10.5 Å². The quantitative estimate of drug-likeness (QED) is 0.697. The van der Waals surface area contributed by atoms with Crippen molar-refractivity contribution in [2.24, 2.45) is 11.1 Å². The lowest BCUT2D eigenvalue weighted by Crippen LogP contribution is -2.40. The predicted molar refractivity (Wildman–Crippen MR) is 48.9 cm³/mol. The summed E-state index contributed by atoms with van der Waals surface area (Å²) in [6.07, 6.45) is 8.33. The first-order chi connectivity index (χ1) is 5.85. The Labute approximate surface area is 74.5 Å². The monoisotopic (exact) mass is 169 g/mol. The molecule has 1 aliphatic heterocycles. The van der Waals surface area contributed by atoms with Gasteiger partial charge in [0, 0.05) is 6.61 Å². The lowest BCUT2D eigenvalue weighted by molar-refractivity contribution is 0.0270. The fourth-order valence-corrected chi connectivity index (χ4v) is 2.46. The van der Waals surface area contributed by atoms with Gasteiger partial charge in [-0.2, -0.15) is 0 Å². The van der Waals surface area contributed by atoms with Gasteiger partial charge in [-0.15, -0.1) is 0 Å². The summed E-state index contributed by atoms with van der Waals surface area (Å²) in [7, 11) is 0. The lowest BCUT2D eigenvalue weighted by Gasteiger charge is -2.42. The summed E-state index contributed by atoms with van der Waals surface area (Å²) in [6, 6.07) is 0. The summed E-state index contributed by atoms with van der Waals surface area (Å²) in [5, 5.41) is 0. The highest BCUT2D eigenvalue weighted by molar-refractivity contribution is 4.91. The molecule has 2 fully saturated rings. The van der Waals surface area contributed by atoms with Gasteiger partial charge in [0.1, 0.15) is 0 Å². The molecule has 0 amide bonds. The third-order valence-corrected chi connectivity index (χ3v) is 3.53. The first kappa shape index (κ1) is 8.52. The Kier molecular flexibility index (Phi) is 2.37. The van der Waals surface area contributed by atoms with E-state index < -0.39 is 0 Å². The van der Waals surface area contributed by atoms with Crippen LogP contribution in [0.1, 0.15) is 38.5 Å². The van der Waals surface area contributed by atoms with Gasteiger partial charge in [-0.05, 0) is 44.1 Å². The lowest BCUT2D eigenvalue weighted by atomic mass is 9.65. The summed E-state index contributed by atoms with van der Waals surface area (Å²) in [4.78, 5) is 0. The molecule has 0 bridgehead atoms. The Balaban J connectivity index is 1.83. The maximum absolute atomic E-state index is 5.79. The Bertz CT molecular complexity index is 142. The molecule has 0 spiro atoms. The van der Waals surface area contributed by atoms with Crippen LogP contribution in [0.2, 0.25) is 0 Å². The second-order valence-electron chi connectivity index (χ2n) is 4.40. The van der Waals surface area contributed by atoms with Crippen LogP contribution in [0.15, 0.2) is 0 Å². The van der Waals surface area contributed by atoms with Gasteiger partial charge >= 0.3 is 0 Å². The summed E-state index contributed by atoms with van der Waals surface area (Å²) < 4.78 is 5.63. The van der Waals surface area contributed by atoms with Crippen LogP contribution in [0.3, 0.4) is 0 Å². The van der Waals surface area contributed by atoms with E-state index in [0.717, 1.165) is 13.2 Å². The van der Waals surface area contributed by atoms with Crippen LogP contribution in [0, 0.1) is 5.41 Å². The van der Waals surface area contributed by atoms with Crippen LogP contribution in [-0.4, -0.2) is 19.3 Å². The van der Waals surface area contributed by atoms with Gasteiger partial charge in [0.15, 0.2) is 0 Å². The van der Waals surface area contributed by atoms with Crippen LogP contribution in [0.4, 0.5) is 0 Å². The van der Waals surface area contributed by atoms with Gasteiger partial charge in [-0.3, -0.25) is 0 Å². The molecule has 0 radical (unpaired) electrons. The normalized spacial score (nSPS) is 33.2. The summed E-state index contributed by atoms with van der Waals surface area (Å²) >= 11 is 0. The van der Waals surface area contributed by atoms with E-state index >= 15 is 0 Å². The first-order valence-electron chi connectivity index (χ1n) is 5.16. The van der Waals surface area contributed by atoms with Crippen molar-refractivity contribution in [1.82, 2.24) is 0 Å². The molecule has 1 heterocycles. The van der Waals surface area contributed by atoms with Crippen molar-refractivity contribution >= 4 is 0 Å². The third-order valence-electron chi connectivity index (χ3n) is 3.53. The molecular weight excluding hydrogens is 150 g/mol. The minimum absolute atomic E-state index is 0.481. The van der Waals surface area contributed by atoms with Crippen LogP contribution in [0.5, 0.6) is 0 Å². The van der Waals surface area contributed by atoms with Gasteiger partial charge in [0.05, 0.1) is 6.10 Å². The maximum atomic E-state index is 5.79. The van der Waals surface area contributed by atoms with Crippen molar-refractivity contribution in [1.29, 1.82) is 0 Å². The van der Waals surface area contributed by atoms with Crippen molar-refractivity contribution in [2.45, 2.75) is 44.6 Å². The number of nitrogens with two attached hydrogens (primary N) is 1. The molecule has 0 aromatic rings. The zero-order valence-corrected chi connectivity index (χ0v) is 7.72. The molecule has 1 saturated heterocycles. The van der Waals surface area contributed by atoms with E-state index in [9.17, 15) is 0 Å². The number of hydrogen-bond donors (Lipinski definition) is 1. The van der Waals surface area contributed by atoms with Crippen molar-refractivity contribution in [3.05, 3.63) is 0 Å². The van der Waals surface area contributed by atoms with E-state index in [1.54, 1.807) is 0 Å². The highest BCUT2D eigenvalue weighted by Gasteiger charge is 2.38. The molecule has 0 aromatic heterocycles. The molecule has 1 unspecified atom stereocenters. The van der Waals surface area contributed by atoms with E-state index in [2.05, 4.69) is 0 Å². The van der Waals surface area contributed by atoms with Gasteiger partial charge in [-0.25, -0.2) is 0 Å². The number of hydrogen-bond acceptors (Lipinski definition) is 2. The van der Waals surface area contributed by atoms with Crippen molar-refractivity contribution in [3.8, 4) is 0 Å². The molecule has 2 nitrogen and oxygen atoms in total. The molecule has 2 aliphatic rings. The van der Waals surface area contributed by atoms with Crippen molar-refractivity contribution in [2.75, 3.05) is 13.2 Å². The van der Waals surface area contributed by atoms with Crippen molar-refractivity contribution < 1.29 is 4.74 Å². The second kappa shape index (κ2) is 3.35. The molecule has 12 heavy (non-hydrogen) atoms. The zero-order chi connectivity index (χ0) is 8.44. The third kappa shape index (κ3) is 1.50. The summed E-state index contributed by atoms with van der Waals surface area (Å²) in [5.41, 5.74) is 6.27. The molecule has 1 atom stereocenters. The largest absolute Gasteiger partial charge is 0.378 e. The topological polar surface area (TPSA) is 35.2 Å². The fourth-order valence-electron chi connectivity index (χ4n) is 2.46. The second-order valence-corrected chi connectivity index (χ2v) is 4.40. The Morgan fingerprint density at radius 1 is 1.33 bits per heavy atom.